The number of aryl methyl sites for hydroxylation is 1. The second kappa shape index (κ2) is 6.28. The molecule has 0 bridgehead atoms. The van der Waals surface area contributed by atoms with Gasteiger partial charge in [0, 0.05) is 6.42 Å². The smallest absolute Gasteiger partial charge is 0.391 e. The van der Waals surface area contributed by atoms with E-state index in [1.807, 2.05) is 0 Å². The van der Waals surface area contributed by atoms with Crippen molar-refractivity contribution in [3.8, 4) is 0 Å². The SMILES string of the molecule is Cc1ccccc1C[C@](N)(CC(F)(F)F)C(=O)OC(C)(C)C. The number of carbonyl (C=O) groups excluding carboxylic acids is 1. The lowest BCUT2D eigenvalue weighted by Gasteiger charge is -2.32. The van der Waals surface area contributed by atoms with Gasteiger partial charge in [-0.15, -0.1) is 0 Å². The van der Waals surface area contributed by atoms with Crippen molar-refractivity contribution in [2.24, 2.45) is 5.73 Å². The molecule has 0 aliphatic rings. The molecule has 2 N–H and O–H groups in total. The van der Waals surface area contributed by atoms with Gasteiger partial charge >= 0.3 is 12.1 Å². The predicted octanol–water partition coefficient (Wildman–Crippen LogP) is 3.53. The van der Waals surface area contributed by atoms with Gasteiger partial charge in [-0.1, -0.05) is 24.3 Å². The van der Waals surface area contributed by atoms with Crippen LogP contribution in [-0.2, 0) is 16.0 Å². The second-order valence-corrected chi connectivity index (χ2v) is 6.55. The fourth-order valence-corrected chi connectivity index (χ4v) is 2.09. The summed E-state index contributed by atoms with van der Waals surface area (Å²) < 4.78 is 43.7. The van der Waals surface area contributed by atoms with E-state index in [1.54, 1.807) is 52.0 Å². The summed E-state index contributed by atoms with van der Waals surface area (Å²) >= 11 is 0. The molecule has 22 heavy (non-hydrogen) atoms. The standard InChI is InChI=1S/C16H22F3NO2/c1-11-7-5-6-8-12(11)9-15(20,10-16(17,18)19)13(21)22-14(2,3)4/h5-8H,9-10,20H2,1-4H3/t15-/m0/s1. The highest BCUT2D eigenvalue weighted by molar-refractivity contribution is 5.81. The van der Waals surface area contributed by atoms with Crippen LogP contribution in [-0.4, -0.2) is 23.3 Å². The Balaban J connectivity index is 3.12. The van der Waals surface area contributed by atoms with Crippen molar-refractivity contribution in [1.29, 1.82) is 0 Å². The quantitative estimate of drug-likeness (QED) is 0.864. The monoisotopic (exact) mass is 317 g/mol. The maximum Gasteiger partial charge on any atom is 0.391 e. The fraction of sp³-hybridized carbons (Fsp3) is 0.562. The molecule has 0 unspecified atom stereocenters. The summed E-state index contributed by atoms with van der Waals surface area (Å²) in [6.45, 7) is 6.53. The van der Waals surface area contributed by atoms with Gasteiger partial charge in [0.05, 0.1) is 6.42 Å². The number of alkyl halides is 3. The normalized spacial score (nSPS) is 15.3. The molecule has 0 fully saturated rings. The van der Waals surface area contributed by atoms with E-state index >= 15 is 0 Å². The highest BCUT2D eigenvalue weighted by Crippen LogP contribution is 2.31. The van der Waals surface area contributed by atoms with Crippen LogP contribution in [0.2, 0.25) is 0 Å². The molecule has 3 nitrogen and oxygen atoms in total. The molecule has 1 rings (SSSR count). The van der Waals surface area contributed by atoms with E-state index in [0.717, 1.165) is 5.56 Å². The molecule has 1 atom stereocenters. The van der Waals surface area contributed by atoms with Gasteiger partial charge in [-0.05, 0) is 38.8 Å². The Kier molecular flexibility index (Phi) is 5.28. The van der Waals surface area contributed by atoms with Crippen LogP contribution in [0.25, 0.3) is 0 Å². The number of benzene rings is 1. The molecule has 0 saturated heterocycles. The summed E-state index contributed by atoms with van der Waals surface area (Å²) in [5.74, 6) is -1.04. The number of halogens is 3. The fourth-order valence-electron chi connectivity index (χ4n) is 2.09. The first-order valence-electron chi connectivity index (χ1n) is 6.96. The van der Waals surface area contributed by atoms with Crippen molar-refractivity contribution in [3.63, 3.8) is 0 Å². The number of hydrogen-bond acceptors (Lipinski definition) is 3. The summed E-state index contributed by atoms with van der Waals surface area (Å²) in [4.78, 5) is 12.2. The lowest BCUT2D eigenvalue weighted by molar-refractivity contribution is -0.179. The Hall–Kier alpha value is -1.56. The Morgan fingerprint density at radius 1 is 1.18 bits per heavy atom. The summed E-state index contributed by atoms with van der Waals surface area (Å²) in [7, 11) is 0. The summed E-state index contributed by atoms with van der Waals surface area (Å²) in [6, 6.07) is 6.90. The van der Waals surface area contributed by atoms with Gasteiger partial charge in [-0.3, -0.25) is 4.79 Å². The lowest BCUT2D eigenvalue weighted by Crippen LogP contribution is -2.55. The summed E-state index contributed by atoms with van der Waals surface area (Å²) in [5, 5.41) is 0. The average molecular weight is 317 g/mol. The zero-order valence-corrected chi connectivity index (χ0v) is 13.3. The van der Waals surface area contributed by atoms with E-state index in [2.05, 4.69) is 0 Å². The van der Waals surface area contributed by atoms with Crippen LogP contribution in [0.4, 0.5) is 13.2 Å². The summed E-state index contributed by atoms with van der Waals surface area (Å²) in [5.41, 5.74) is 4.17. The highest BCUT2D eigenvalue weighted by atomic mass is 19.4. The van der Waals surface area contributed by atoms with Crippen LogP contribution >= 0.6 is 0 Å². The molecular weight excluding hydrogens is 295 g/mol. The van der Waals surface area contributed by atoms with Gasteiger partial charge in [0.25, 0.3) is 0 Å². The van der Waals surface area contributed by atoms with E-state index in [1.165, 1.54) is 0 Å². The van der Waals surface area contributed by atoms with Crippen LogP contribution in [0.5, 0.6) is 0 Å². The Labute approximate surface area is 128 Å². The lowest BCUT2D eigenvalue weighted by atomic mass is 9.86. The van der Waals surface area contributed by atoms with Gasteiger partial charge < -0.3 is 10.5 Å². The van der Waals surface area contributed by atoms with E-state index in [0.29, 0.717) is 5.56 Å². The molecule has 0 aliphatic carbocycles. The molecule has 0 saturated carbocycles. The minimum atomic E-state index is -4.56. The van der Waals surface area contributed by atoms with Gasteiger partial charge in [-0.2, -0.15) is 13.2 Å². The molecule has 6 heteroatoms. The second-order valence-electron chi connectivity index (χ2n) is 6.55. The molecule has 1 aromatic carbocycles. The minimum absolute atomic E-state index is 0.228. The molecule has 1 aromatic rings. The third-order valence-electron chi connectivity index (χ3n) is 3.09. The number of carbonyl (C=O) groups is 1. The van der Waals surface area contributed by atoms with E-state index in [4.69, 9.17) is 10.5 Å². The number of rotatable bonds is 4. The van der Waals surface area contributed by atoms with Gasteiger partial charge in [-0.25, -0.2) is 0 Å². The van der Waals surface area contributed by atoms with Gasteiger partial charge in [0.2, 0.25) is 0 Å². The number of esters is 1. The number of hydrogen-bond donors (Lipinski definition) is 1. The van der Waals surface area contributed by atoms with Crippen LogP contribution in [0.1, 0.15) is 38.3 Å². The Morgan fingerprint density at radius 3 is 2.18 bits per heavy atom. The van der Waals surface area contributed by atoms with Crippen molar-refractivity contribution in [1.82, 2.24) is 0 Å². The Morgan fingerprint density at radius 2 is 1.73 bits per heavy atom. The first-order chi connectivity index (χ1) is 9.82. The molecule has 0 radical (unpaired) electrons. The van der Waals surface area contributed by atoms with Crippen molar-refractivity contribution in [2.75, 3.05) is 0 Å². The number of nitrogens with two attached hydrogens (primary N) is 1. The van der Waals surface area contributed by atoms with Crippen LogP contribution < -0.4 is 5.73 Å². The minimum Gasteiger partial charge on any atom is -0.459 e. The van der Waals surface area contributed by atoms with E-state index < -0.39 is 29.7 Å². The zero-order chi connectivity index (χ0) is 17.2. The molecule has 0 aliphatic heterocycles. The van der Waals surface area contributed by atoms with Crippen molar-refractivity contribution in [2.45, 2.75) is 57.9 Å². The van der Waals surface area contributed by atoms with Crippen molar-refractivity contribution < 1.29 is 22.7 Å². The van der Waals surface area contributed by atoms with Gasteiger partial charge in [0.15, 0.2) is 0 Å². The predicted molar refractivity (Wildman–Crippen MR) is 78.3 cm³/mol. The van der Waals surface area contributed by atoms with Crippen molar-refractivity contribution in [3.05, 3.63) is 35.4 Å². The first kappa shape index (κ1) is 18.5. The maximum absolute atomic E-state index is 12.9. The molecule has 0 spiro atoms. The van der Waals surface area contributed by atoms with Gasteiger partial charge in [0.1, 0.15) is 11.1 Å². The maximum atomic E-state index is 12.9. The summed E-state index contributed by atoms with van der Waals surface area (Å²) in [6.07, 6.45) is -6.22. The largest absolute Gasteiger partial charge is 0.459 e. The topological polar surface area (TPSA) is 52.3 Å². The zero-order valence-electron chi connectivity index (χ0n) is 13.3. The molecule has 124 valence electrons. The third-order valence-corrected chi connectivity index (χ3v) is 3.09. The number of ether oxygens (including phenoxy) is 1. The molecular formula is C16H22F3NO2. The van der Waals surface area contributed by atoms with Crippen molar-refractivity contribution >= 4 is 5.97 Å². The molecule has 0 heterocycles. The van der Waals surface area contributed by atoms with Crippen LogP contribution in [0.15, 0.2) is 24.3 Å². The van der Waals surface area contributed by atoms with Crippen LogP contribution in [0.3, 0.4) is 0 Å². The average Bonchev–Trinajstić information content (AvgIpc) is 2.27. The Bertz CT molecular complexity index is 535. The van der Waals surface area contributed by atoms with Crippen LogP contribution in [0, 0.1) is 6.92 Å². The molecule has 0 aromatic heterocycles. The van der Waals surface area contributed by atoms with E-state index in [9.17, 15) is 18.0 Å². The first-order valence-corrected chi connectivity index (χ1v) is 6.96. The molecule has 0 amide bonds. The third kappa shape index (κ3) is 5.67. The van der Waals surface area contributed by atoms with E-state index in [-0.39, 0.29) is 6.42 Å². The highest BCUT2D eigenvalue weighted by Gasteiger charge is 2.47.